The van der Waals surface area contributed by atoms with Crippen LogP contribution < -0.4 is 20.1 Å². The maximum atomic E-state index is 6.18. The molecular weight excluding hydrogens is 364 g/mol. The van der Waals surface area contributed by atoms with Crippen LogP contribution in [-0.2, 0) is 0 Å². The van der Waals surface area contributed by atoms with E-state index in [-0.39, 0.29) is 0 Å². The average Bonchev–Trinajstić information content (AvgIpc) is 2.91. The van der Waals surface area contributed by atoms with Gasteiger partial charge in [0.15, 0.2) is 0 Å². The molecule has 0 spiro atoms. The van der Waals surface area contributed by atoms with Crippen LogP contribution in [0.5, 0.6) is 11.5 Å². The number of hydrogen-bond donors (Lipinski definition) is 2. The molecule has 27 heavy (non-hydrogen) atoms. The molecule has 2 aromatic rings. The summed E-state index contributed by atoms with van der Waals surface area (Å²) >= 11 is 6.18. The molecule has 1 aromatic carbocycles. The van der Waals surface area contributed by atoms with E-state index in [0.29, 0.717) is 34.2 Å². The van der Waals surface area contributed by atoms with Crippen molar-refractivity contribution < 1.29 is 9.47 Å². The predicted octanol–water partition coefficient (Wildman–Crippen LogP) is 5.33. The zero-order chi connectivity index (χ0) is 19.2. The molecule has 0 amide bonds. The SMILES string of the molecule is COc1cc(Nc2nc(C)cc(NC3CCCCCC3)n2)c(OC)cc1Cl. The molecule has 2 N–H and O–H groups in total. The number of hydrogen-bond acceptors (Lipinski definition) is 6. The largest absolute Gasteiger partial charge is 0.495 e. The molecule has 1 aliphatic rings. The van der Waals surface area contributed by atoms with Crippen LogP contribution in [0.4, 0.5) is 17.5 Å². The molecule has 0 saturated heterocycles. The highest BCUT2D eigenvalue weighted by atomic mass is 35.5. The minimum absolute atomic E-state index is 0.472. The molecule has 1 fully saturated rings. The number of nitrogens with zero attached hydrogens (tertiary/aromatic N) is 2. The van der Waals surface area contributed by atoms with Gasteiger partial charge in [-0.3, -0.25) is 0 Å². The first-order chi connectivity index (χ1) is 13.1. The van der Waals surface area contributed by atoms with E-state index in [2.05, 4.69) is 20.6 Å². The summed E-state index contributed by atoms with van der Waals surface area (Å²) in [4.78, 5) is 9.15. The van der Waals surface area contributed by atoms with Crippen molar-refractivity contribution in [1.82, 2.24) is 9.97 Å². The van der Waals surface area contributed by atoms with Crippen LogP contribution in [0.2, 0.25) is 5.02 Å². The third-order valence-electron chi connectivity index (χ3n) is 4.78. The van der Waals surface area contributed by atoms with E-state index < -0.39 is 0 Å². The molecule has 0 bridgehead atoms. The van der Waals surface area contributed by atoms with E-state index in [0.717, 1.165) is 11.5 Å². The normalized spacial score (nSPS) is 15.1. The minimum atomic E-state index is 0.472. The summed E-state index contributed by atoms with van der Waals surface area (Å²) in [7, 11) is 3.18. The Bertz CT molecular complexity index is 777. The predicted molar refractivity (Wildman–Crippen MR) is 110 cm³/mol. The zero-order valence-electron chi connectivity index (χ0n) is 16.1. The van der Waals surface area contributed by atoms with Gasteiger partial charge in [0, 0.05) is 29.9 Å². The summed E-state index contributed by atoms with van der Waals surface area (Å²) in [6.07, 6.45) is 7.57. The first-order valence-electron chi connectivity index (χ1n) is 9.40. The summed E-state index contributed by atoms with van der Waals surface area (Å²) in [5.41, 5.74) is 1.59. The quantitative estimate of drug-likeness (QED) is 0.649. The number of halogens is 1. The minimum Gasteiger partial charge on any atom is -0.495 e. The second kappa shape index (κ2) is 9.13. The topological polar surface area (TPSA) is 68.3 Å². The molecule has 1 saturated carbocycles. The number of methoxy groups -OCH3 is 2. The second-order valence-corrected chi connectivity index (χ2v) is 7.27. The highest BCUT2D eigenvalue weighted by molar-refractivity contribution is 6.32. The van der Waals surface area contributed by atoms with Crippen molar-refractivity contribution in [2.75, 3.05) is 24.9 Å². The summed E-state index contributed by atoms with van der Waals surface area (Å²) in [5, 5.41) is 7.30. The molecule has 0 atom stereocenters. The Balaban J connectivity index is 1.82. The lowest BCUT2D eigenvalue weighted by molar-refractivity contribution is 0.405. The van der Waals surface area contributed by atoms with Crippen LogP contribution in [0.15, 0.2) is 18.2 Å². The fraction of sp³-hybridized carbons (Fsp3) is 0.500. The molecule has 0 aliphatic heterocycles. The first kappa shape index (κ1) is 19.5. The van der Waals surface area contributed by atoms with Crippen molar-refractivity contribution in [2.45, 2.75) is 51.5 Å². The summed E-state index contributed by atoms with van der Waals surface area (Å²) in [6.45, 7) is 1.96. The van der Waals surface area contributed by atoms with E-state index in [1.807, 2.05) is 13.0 Å². The summed E-state index contributed by atoms with van der Waals surface area (Å²) in [5.74, 6) is 2.51. The van der Waals surface area contributed by atoms with Gasteiger partial charge in [-0.25, -0.2) is 4.98 Å². The first-order valence-corrected chi connectivity index (χ1v) is 9.77. The van der Waals surface area contributed by atoms with Gasteiger partial charge in [-0.1, -0.05) is 37.3 Å². The molecule has 1 aliphatic carbocycles. The maximum absolute atomic E-state index is 6.18. The van der Waals surface area contributed by atoms with Gasteiger partial charge in [0.25, 0.3) is 0 Å². The molecule has 3 rings (SSSR count). The van der Waals surface area contributed by atoms with Crippen LogP contribution in [0.25, 0.3) is 0 Å². The van der Waals surface area contributed by atoms with Crippen LogP contribution in [0.1, 0.15) is 44.2 Å². The highest BCUT2D eigenvalue weighted by Crippen LogP contribution is 2.37. The number of benzene rings is 1. The van der Waals surface area contributed by atoms with Crippen LogP contribution >= 0.6 is 11.6 Å². The zero-order valence-corrected chi connectivity index (χ0v) is 16.9. The monoisotopic (exact) mass is 390 g/mol. The molecule has 1 aromatic heterocycles. The van der Waals surface area contributed by atoms with Crippen LogP contribution in [-0.4, -0.2) is 30.2 Å². The number of anilines is 3. The van der Waals surface area contributed by atoms with E-state index in [9.17, 15) is 0 Å². The highest BCUT2D eigenvalue weighted by Gasteiger charge is 2.15. The molecule has 1 heterocycles. The third kappa shape index (κ3) is 5.16. The Morgan fingerprint density at radius 1 is 0.963 bits per heavy atom. The Morgan fingerprint density at radius 2 is 1.67 bits per heavy atom. The smallest absolute Gasteiger partial charge is 0.229 e. The molecule has 7 heteroatoms. The molecule has 6 nitrogen and oxygen atoms in total. The van der Waals surface area contributed by atoms with Gasteiger partial charge >= 0.3 is 0 Å². The van der Waals surface area contributed by atoms with Gasteiger partial charge in [0.1, 0.15) is 17.3 Å². The lowest BCUT2D eigenvalue weighted by Crippen LogP contribution is -2.19. The van der Waals surface area contributed by atoms with Crippen molar-refractivity contribution in [1.29, 1.82) is 0 Å². The number of ether oxygens (including phenoxy) is 2. The molecule has 0 radical (unpaired) electrons. The van der Waals surface area contributed by atoms with Gasteiger partial charge in [-0.15, -0.1) is 0 Å². The van der Waals surface area contributed by atoms with E-state index in [1.165, 1.54) is 38.5 Å². The number of rotatable bonds is 6. The van der Waals surface area contributed by atoms with E-state index in [1.54, 1.807) is 26.4 Å². The lowest BCUT2D eigenvalue weighted by atomic mass is 10.1. The van der Waals surface area contributed by atoms with Gasteiger partial charge in [0.2, 0.25) is 5.95 Å². The fourth-order valence-corrected chi connectivity index (χ4v) is 3.64. The second-order valence-electron chi connectivity index (χ2n) is 6.86. The van der Waals surface area contributed by atoms with E-state index in [4.69, 9.17) is 21.1 Å². The summed E-state index contributed by atoms with van der Waals surface area (Å²) in [6, 6.07) is 5.95. The van der Waals surface area contributed by atoms with Crippen molar-refractivity contribution in [3.63, 3.8) is 0 Å². The average molecular weight is 391 g/mol. The Labute approximate surface area is 165 Å². The lowest BCUT2D eigenvalue weighted by Gasteiger charge is -2.18. The van der Waals surface area contributed by atoms with Crippen molar-refractivity contribution in [3.05, 3.63) is 28.9 Å². The van der Waals surface area contributed by atoms with Gasteiger partial charge < -0.3 is 20.1 Å². The van der Waals surface area contributed by atoms with Gasteiger partial charge in [-0.05, 0) is 19.8 Å². The molecule has 146 valence electrons. The van der Waals surface area contributed by atoms with Crippen LogP contribution in [0.3, 0.4) is 0 Å². The maximum Gasteiger partial charge on any atom is 0.229 e. The summed E-state index contributed by atoms with van der Waals surface area (Å²) < 4.78 is 10.7. The number of aryl methyl sites for hydroxylation is 1. The Kier molecular flexibility index (Phi) is 6.61. The van der Waals surface area contributed by atoms with Gasteiger partial charge in [-0.2, -0.15) is 4.98 Å². The Hall–Kier alpha value is -2.21. The van der Waals surface area contributed by atoms with E-state index >= 15 is 0 Å². The van der Waals surface area contributed by atoms with Crippen LogP contribution in [0, 0.1) is 6.92 Å². The third-order valence-corrected chi connectivity index (χ3v) is 5.08. The Morgan fingerprint density at radius 3 is 2.33 bits per heavy atom. The molecular formula is C20H27ClN4O2. The standard InChI is InChI=1S/C20H27ClN4O2/c1-13-10-19(23-14-8-6-4-5-7-9-14)25-20(22-13)24-16-12-17(26-2)15(21)11-18(16)27-3/h10-12,14H,4-9H2,1-3H3,(H2,22,23,24,25). The van der Waals surface area contributed by atoms with Crippen molar-refractivity contribution in [2.24, 2.45) is 0 Å². The number of nitrogens with one attached hydrogen (secondary N) is 2. The van der Waals surface area contributed by atoms with Crippen molar-refractivity contribution >= 4 is 29.1 Å². The van der Waals surface area contributed by atoms with Gasteiger partial charge in [0.05, 0.1) is 24.9 Å². The van der Waals surface area contributed by atoms with Crippen molar-refractivity contribution in [3.8, 4) is 11.5 Å². The number of aromatic nitrogens is 2. The fourth-order valence-electron chi connectivity index (χ4n) is 3.41. The molecule has 0 unspecified atom stereocenters.